The molecule has 0 heterocycles. The van der Waals surface area contributed by atoms with Gasteiger partial charge in [0, 0.05) is 17.7 Å². The van der Waals surface area contributed by atoms with Gasteiger partial charge in [-0.25, -0.2) is 0 Å². The molecule has 0 saturated heterocycles. The average Bonchev–Trinajstić information content (AvgIpc) is 2.17. The van der Waals surface area contributed by atoms with Crippen LogP contribution in [0.5, 0.6) is 0 Å². The molecular formula is C8H7N3O3S. The zero-order valence-electron chi connectivity index (χ0n) is 7.47. The van der Waals surface area contributed by atoms with Gasteiger partial charge in [0.25, 0.3) is 5.69 Å². The fourth-order valence-electron chi connectivity index (χ4n) is 0.905. The van der Waals surface area contributed by atoms with Crippen LogP contribution >= 0.6 is 11.8 Å². The first-order valence-corrected chi connectivity index (χ1v) is 4.63. The summed E-state index contributed by atoms with van der Waals surface area (Å²) in [5, 5.41) is 16.5. The molecule has 0 aliphatic carbocycles. The van der Waals surface area contributed by atoms with Gasteiger partial charge in [-0.1, -0.05) is 6.07 Å². The molecular weight excluding hydrogens is 218 g/mol. The Hall–Kier alpha value is -1.89. The first-order valence-electron chi connectivity index (χ1n) is 3.81. The molecule has 0 spiro atoms. The molecule has 1 rings (SSSR count). The summed E-state index contributed by atoms with van der Waals surface area (Å²) in [7, 11) is 0. The van der Waals surface area contributed by atoms with Crippen molar-refractivity contribution < 1.29 is 9.72 Å². The summed E-state index contributed by atoms with van der Waals surface area (Å²) in [4.78, 5) is 21.2. The molecule has 7 heteroatoms. The maximum atomic E-state index is 11.3. The molecule has 0 unspecified atom stereocenters. The number of thioether (sulfide) groups is 1. The highest BCUT2D eigenvalue weighted by Gasteiger charge is 2.12. The van der Waals surface area contributed by atoms with Gasteiger partial charge < -0.3 is 5.73 Å². The Morgan fingerprint density at radius 3 is 2.73 bits per heavy atom. The Labute approximate surface area is 89.1 Å². The highest BCUT2D eigenvalue weighted by molar-refractivity contribution is 8.26. The van der Waals surface area contributed by atoms with Crippen molar-refractivity contribution in [1.82, 2.24) is 0 Å². The lowest BCUT2D eigenvalue weighted by atomic mass is 10.2. The summed E-state index contributed by atoms with van der Waals surface area (Å²) in [6.07, 6.45) is 0. The lowest BCUT2D eigenvalue weighted by Crippen LogP contribution is -2.08. The fourth-order valence-corrected chi connectivity index (χ4v) is 1.35. The molecule has 15 heavy (non-hydrogen) atoms. The minimum Gasteiger partial charge on any atom is -0.378 e. The number of carbonyl (C=O) groups is 1. The van der Waals surface area contributed by atoms with Crippen LogP contribution < -0.4 is 5.73 Å². The molecule has 0 radical (unpaired) electrons. The number of benzene rings is 1. The van der Waals surface area contributed by atoms with Crippen molar-refractivity contribution in [2.24, 2.45) is 5.73 Å². The van der Waals surface area contributed by atoms with E-state index in [1.807, 2.05) is 0 Å². The second kappa shape index (κ2) is 4.56. The number of hydrogen-bond acceptors (Lipinski definition) is 5. The van der Waals surface area contributed by atoms with Gasteiger partial charge in [-0.15, -0.1) is 0 Å². The Morgan fingerprint density at radius 2 is 2.20 bits per heavy atom. The van der Waals surface area contributed by atoms with Crippen LogP contribution in [0.3, 0.4) is 0 Å². The van der Waals surface area contributed by atoms with Crippen molar-refractivity contribution in [2.75, 3.05) is 0 Å². The number of nitro benzene ring substituents is 1. The Balaban J connectivity index is 2.95. The zero-order chi connectivity index (χ0) is 11.4. The van der Waals surface area contributed by atoms with Crippen molar-refractivity contribution in [3.8, 4) is 0 Å². The van der Waals surface area contributed by atoms with Crippen LogP contribution in [0.2, 0.25) is 0 Å². The van der Waals surface area contributed by atoms with Gasteiger partial charge in [0.15, 0.2) is 5.17 Å². The molecule has 0 aliphatic rings. The highest BCUT2D eigenvalue weighted by Crippen LogP contribution is 2.17. The Kier molecular flexibility index (Phi) is 3.40. The van der Waals surface area contributed by atoms with Crippen LogP contribution in [-0.2, 0) is 0 Å². The van der Waals surface area contributed by atoms with Gasteiger partial charge in [-0.3, -0.25) is 20.3 Å². The van der Waals surface area contributed by atoms with E-state index in [1.165, 1.54) is 18.2 Å². The molecule has 0 aromatic heterocycles. The average molecular weight is 225 g/mol. The third-order valence-corrected chi connectivity index (χ3v) is 2.14. The Morgan fingerprint density at radius 1 is 1.53 bits per heavy atom. The Bertz CT molecular complexity index is 433. The normalized spacial score (nSPS) is 9.60. The SMILES string of the molecule is N=C(N)SC(=O)c1cccc([N+](=O)[O-])c1. The van der Waals surface area contributed by atoms with Crippen LogP contribution in [0.1, 0.15) is 10.4 Å². The third kappa shape index (κ3) is 3.06. The van der Waals surface area contributed by atoms with Crippen molar-refractivity contribution in [3.05, 3.63) is 39.9 Å². The quantitative estimate of drug-likeness (QED) is 0.341. The monoisotopic (exact) mass is 225 g/mol. The molecule has 0 bridgehead atoms. The summed E-state index contributed by atoms with van der Waals surface area (Å²) in [6.45, 7) is 0. The fraction of sp³-hybridized carbons (Fsp3) is 0. The zero-order valence-corrected chi connectivity index (χ0v) is 8.28. The van der Waals surface area contributed by atoms with E-state index in [2.05, 4.69) is 0 Å². The van der Waals surface area contributed by atoms with Crippen LogP contribution in [0.4, 0.5) is 5.69 Å². The minimum atomic E-state index is -0.588. The van der Waals surface area contributed by atoms with E-state index >= 15 is 0 Å². The number of rotatable bonds is 2. The van der Waals surface area contributed by atoms with Gasteiger partial charge in [-0.05, 0) is 17.8 Å². The molecule has 1 aromatic carbocycles. The summed E-state index contributed by atoms with van der Waals surface area (Å²) < 4.78 is 0. The lowest BCUT2D eigenvalue weighted by molar-refractivity contribution is -0.384. The summed E-state index contributed by atoms with van der Waals surface area (Å²) >= 11 is 0.528. The third-order valence-electron chi connectivity index (χ3n) is 1.50. The largest absolute Gasteiger partial charge is 0.378 e. The minimum absolute atomic E-state index is 0.157. The molecule has 0 atom stereocenters. The van der Waals surface area contributed by atoms with E-state index in [9.17, 15) is 14.9 Å². The predicted molar refractivity (Wildman–Crippen MR) is 56.9 cm³/mol. The molecule has 0 amide bonds. The molecule has 0 fully saturated rings. The number of nitrogens with one attached hydrogen (secondary N) is 1. The molecule has 78 valence electrons. The maximum Gasteiger partial charge on any atom is 0.270 e. The second-order valence-electron chi connectivity index (χ2n) is 2.56. The van der Waals surface area contributed by atoms with Crippen molar-refractivity contribution in [3.63, 3.8) is 0 Å². The highest BCUT2D eigenvalue weighted by atomic mass is 32.2. The topological polar surface area (TPSA) is 110 Å². The number of nitrogens with zero attached hydrogens (tertiary/aromatic N) is 1. The molecule has 3 N–H and O–H groups in total. The number of nitro groups is 1. The van der Waals surface area contributed by atoms with Gasteiger partial charge in [0.1, 0.15) is 0 Å². The van der Waals surface area contributed by atoms with Gasteiger partial charge in [0.05, 0.1) is 4.92 Å². The number of amidine groups is 1. The maximum absolute atomic E-state index is 11.3. The van der Waals surface area contributed by atoms with Gasteiger partial charge in [-0.2, -0.15) is 0 Å². The molecule has 6 nitrogen and oxygen atoms in total. The lowest BCUT2D eigenvalue weighted by Gasteiger charge is -1.98. The van der Waals surface area contributed by atoms with Crippen LogP contribution in [0, 0.1) is 15.5 Å². The number of nitrogens with two attached hydrogens (primary N) is 1. The number of carbonyl (C=O) groups excluding carboxylic acids is 1. The molecule has 0 aliphatic heterocycles. The van der Waals surface area contributed by atoms with E-state index in [1.54, 1.807) is 0 Å². The van der Waals surface area contributed by atoms with Gasteiger partial charge in [0.2, 0.25) is 5.12 Å². The summed E-state index contributed by atoms with van der Waals surface area (Å²) in [6, 6.07) is 5.28. The second-order valence-corrected chi connectivity index (χ2v) is 3.58. The van der Waals surface area contributed by atoms with E-state index < -0.39 is 10.0 Å². The van der Waals surface area contributed by atoms with Gasteiger partial charge >= 0.3 is 0 Å². The van der Waals surface area contributed by atoms with Crippen LogP contribution in [0.25, 0.3) is 0 Å². The van der Waals surface area contributed by atoms with E-state index in [0.717, 1.165) is 6.07 Å². The smallest absolute Gasteiger partial charge is 0.270 e. The first kappa shape index (κ1) is 11.2. The first-order chi connectivity index (χ1) is 7.00. The van der Waals surface area contributed by atoms with Crippen molar-refractivity contribution in [1.29, 1.82) is 5.41 Å². The predicted octanol–water partition coefficient (Wildman–Crippen LogP) is 1.36. The number of non-ortho nitro benzene ring substituents is 1. The molecule has 0 saturated carbocycles. The van der Waals surface area contributed by atoms with E-state index in [0.29, 0.717) is 11.8 Å². The van der Waals surface area contributed by atoms with Crippen molar-refractivity contribution >= 4 is 27.7 Å². The molecule has 1 aromatic rings. The summed E-state index contributed by atoms with van der Waals surface area (Å²) in [5.41, 5.74) is 5.01. The standard InChI is InChI=1S/C8H7N3O3S/c9-8(10)15-7(12)5-2-1-3-6(4-5)11(13)14/h1-4H,(H3,9,10). The van der Waals surface area contributed by atoms with Crippen LogP contribution in [-0.4, -0.2) is 15.2 Å². The number of hydrogen-bond donors (Lipinski definition) is 2. The van der Waals surface area contributed by atoms with E-state index in [-0.39, 0.29) is 16.4 Å². The van der Waals surface area contributed by atoms with Crippen LogP contribution in [0.15, 0.2) is 24.3 Å². The van der Waals surface area contributed by atoms with Crippen molar-refractivity contribution in [2.45, 2.75) is 0 Å². The van der Waals surface area contributed by atoms with E-state index in [4.69, 9.17) is 11.1 Å². The summed E-state index contributed by atoms with van der Waals surface area (Å²) in [5.74, 6) is 0.